The number of para-hydroxylation sites is 1. The molecule has 4 rings (SSSR count). The van der Waals surface area contributed by atoms with Crippen LogP contribution in [0.5, 0.6) is 0 Å². The number of benzene rings is 1. The average Bonchev–Trinajstić information content (AvgIpc) is 3.03. The molecule has 1 aliphatic heterocycles. The van der Waals surface area contributed by atoms with E-state index in [4.69, 9.17) is 0 Å². The second-order valence-corrected chi connectivity index (χ2v) is 10.0. The number of sulfonamides is 1. The van der Waals surface area contributed by atoms with Crippen LogP contribution in [0.25, 0.3) is 10.9 Å². The molecule has 160 valence electrons. The first-order valence-corrected chi connectivity index (χ1v) is 11.7. The van der Waals surface area contributed by atoms with Crippen molar-refractivity contribution in [3.63, 3.8) is 0 Å². The van der Waals surface area contributed by atoms with Crippen molar-refractivity contribution >= 4 is 20.9 Å². The highest BCUT2D eigenvalue weighted by atomic mass is 32.2. The van der Waals surface area contributed by atoms with Crippen LogP contribution >= 0.6 is 0 Å². The number of hydrogen-bond acceptors (Lipinski definition) is 5. The first kappa shape index (κ1) is 20.7. The predicted molar refractivity (Wildman–Crippen MR) is 115 cm³/mol. The summed E-state index contributed by atoms with van der Waals surface area (Å²) in [5.41, 5.74) is 1.67. The van der Waals surface area contributed by atoms with Crippen LogP contribution in [-0.2, 0) is 10.0 Å². The second kappa shape index (κ2) is 7.63. The van der Waals surface area contributed by atoms with E-state index in [1.165, 1.54) is 4.31 Å². The quantitative estimate of drug-likeness (QED) is 0.636. The number of aromatic nitrogens is 4. The summed E-state index contributed by atoms with van der Waals surface area (Å²) in [6, 6.07) is 7.03. The minimum absolute atomic E-state index is 0.0732. The van der Waals surface area contributed by atoms with E-state index in [9.17, 15) is 13.2 Å². The van der Waals surface area contributed by atoms with E-state index in [1.54, 1.807) is 41.6 Å². The summed E-state index contributed by atoms with van der Waals surface area (Å²) in [4.78, 5) is 17.7. The van der Waals surface area contributed by atoms with Crippen molar-refractivity contribution in [1.82, 2.24) is 23.6 Å². The number of fused-ring (bicyclic) bond motifs is 1. The van der Waals surface area contributed by atoms with E-state index < -0.39 is 10.0 Å². The van der Waals surface area contributed by atoms with Gasteiger partial charge in [-0.25, -0.2) is 13.4 Å². The number of aryl methyl sites for hydroxylation is 1. The monoisotopic (exact) mass is 429 g/mol. The lowest BCUT2D eigenvalue weighted by molar-refractivity contribution is 0.262. The standard InChI is InChI=1S/C21H27N5O3S/c1-14(2)26-16(4)20(15(3)23-26)30(28,29)24-11-7-8-17(12-24)25-13-22-19-10-6-5-9-18(19)21(25)27/h5-6,9-10,13-14,17H,7-8,11-12H2,1-4H3. The van der Waals surface area contributed by atoms with Gasteiger partial charge >= 0.3 is 0 Å². The fraction of sp³-hybridized carbons (Fsp3) is 0.476. The topological polar surface area (TPSA) is 90.1 Å². The minimum Gasteiger partial charge on any atom is -0.294 e. The summed E-state index contributed by atoms with van der Waals surface area (Å²) in [6.07, 6.45) is 2.95. The maximum atomic E-state index is 13.5. The molecule has 1 aromatic carbocycles. The number of piperidine rings is 1. The smallest absolute Gasteiger partial charge is 0.261 e. The lowest BCUT2D eigenvalue weighted by Gasteiger charge is -2.32. The van der Waals surface area contributed by atoms with Gasteiger partial charge in [0.25, 0.3) is 5.56 Å². The highest BCUT2D eigenvalue weighted by Crippen LogP contribution is 2.30. The Labute approximate surface area is 176 Å². The molecule has 3 heterocycles. The fourth-order valence-corrected chi connectivity index (χ4v) is 6.24. The molecule has 8 nitrogen and oxygen atoms in total. The molecule has 30 heavy (non-hydrogen) atoms. The zero-order valence-corrected chi connectivity index (χ0v) is 18.6. The molecule has 9 heteroatoms. The van der Waals surface area contributed by atoms with Gasteiger partial charge in [-0.15, -0.1) is 0 Å². The van der Waals surface area contributed by atoms with Gasteiger partial charge in [0.1, 0.15) is 4.90 Å². The molecule has 0 aliphatic carbocycles. The molecule has 1 aliphatic rings. The van der Waals surface area contributed by atoms with Crippen LogP contribution in [0.2, 0.25) is 0 Å². The Morgan fingerprint density at radius 1 is 1.17 bits per heavy atom. The van der Waals surface area contributed by atoms with Gasteiger partial charge in [0, 0.05) is 19.1 Å². The summed E-state index contributed by atoms with van der Waals surface area (Å²) in [7, 11) is -3.72. The average molecular weight is 430 g/mol. The van der Waals surface area contributed by atoms with Crippen LogP contribution in [0, 0.1) is 13.8 Å². The van der Waals surface area contributed by atoms with Gasteiger partial charge in [0.05, 0.1) is 34.7 Å². The maximum Gasteiger partial charge on any atom is 0.261 e. The van der Waals surface area contributed by atoms with Gasteiger partial charge in [-0.3, -0.25) is 14.0 Å². The van der Waals surface area contributed by atoms with Crippen LogP contribution in [0.4, 0.5) is 0 Å². The minimum atomic E-state index is -3.72. The third-order valence-electron chi connectivity index (χ3n) is 5.79. The van der Waals surface area contributed by atoms with Crippen LogP contribution in [0.3, 0.4) is 0 Å². The lowest BCUT2D eigenvalue weighted by Crippen LogP contribution is -2.43. The summed E-state index contributed by atoms with van der Waals surface area (Å²) in [6.45, 7) is 8.16. The highest BCUT2D eigenvalue weighted by Gasteiger charge is 2.35. The highest BCUT2D eigenvalue weighted by molar-refractivity contribution is 7.89. The van der Waals surface area contributed by atoms with Gasteiger partial charge in [-0.2, -0.15) is 9.40 Å². The van der Waals surface area contributed by atoms with Gasteiger partial charge in [-0.05, 0) is 52.7 Å². The molecule has 0 saturated carbocycles. The number of rotatable bonds is 4. The molecule has 0 spiro atoms. The van der Waals surface area contributed by atoms with Crippen molar-refractivity contribution < 1.29 is 8.42 Å². The van der Waals surface area contributed by atoms with Crippen molar-refractivity contribution in [2.24, 2.45) is 0 Å². The third-order valence-corrected chi connectivity index (χ3v) is 7.91. The molecule has 1 atom stereocenters. The van der Waals surface area contributed by atoms with Crippen LogP contribution in [0.15, 0.2) is 40.3 Å². The molecule has 3 aromatic rings. The van der Waals surface area contributed by atoms with Gasteiger partial charge < -0.3 is 0 Å². The van der Waals surface area contributed by atoms with Crippen LogP contribution < -0.4 is 5.56 Å². The molecule has 1 saturated heterocycles. The molecule has 1 unspecified atom stereocenters. The Bertz CT molecular complexity index is 1260. The first-order chi connectivity index (χ1) is 14.2. The molecule has 0 radical (unpaired) electrons. The predicted octanol–water partition coefficient (Wildman–Crippen LogP) is 2.82. The van der Waals surface area contributed by atoms with Gasteiger partial charge in [-0.1, -0.05) is 12.1 Å². The van der Waals surface area contributed by atoms with Crippen molar-refractivity contribution in [3.05, 3.63) is 52.3 Å². The Morgan fingerprint density at radius 2 is 1.90 bits per heavy atom. The van der Waals surface area contributed by atoms with E-state index in [0.29, 0.717) is 35.3 Å². The molecular weight excluding hydrogens is 402 g/mol. The van der Waals surface area contributed by atoms with Crippen molar-refractivity contribution in [3.8, 4) is 0 Å². The maximum absolute atomic E-state index is 13.5. The molecule has 1 fully saturated rings. The van der Waals surface area contributed by atoms with Gasteiger partial charge in [0.2, 0.25) is 10.0 Å². The summed E-state index contributed by atoms with van der Waals surface area (Å²) in [5, 5.41) is 4.99. The summed E-state index contributed by atoms with van der Waals surface area (Å²) in [5.74, 6) is 0. The van der Waals surface area contributed by atoms with E-state index in [-0.39, 0.29) is 29.1 Å². The molecule has 0 N–H and O–H groups in total. The number of nitrogens with zero attached hydrogens (tertiary/aromatic N) is 5. The largest absolute Gasteiger partial charge is 0.294 e. The molecule has 0 amide bonds. The molecule has 2 aromatic heterocycles. The second-order valence-electron chi connectivity index (χ2n) is 8.17. The van der Waals surface area contributed by atoms with E-state index in [1.807, 2.05) is 26.0 Å². The first-order valence-electron chi connectivity index (χ1n) is 10.2. The van der Waals surface area contributed by atoms with Crippen molar-refractivity contribution in [2.45, 2.75) is 57.5 Å². The van der Waals surface area contributed by atoms with E-state index in [2.05, 4.69) is 10.1 Å². The van der Waals surface area contributed by atoms with Gasteiger partial charge in [0.15, 0.2) is 0 Å². The summed E-state index contributed by atoms with van der Waals surface area (Å²) >= 11 is 0. The van der Waals surface area contributed by atoms with Crippen LogP contribution in [0.1, 0.15) is 50.2 Å². The summed E-state index contributed by atoms with van der Waals surface area (Å²) < 4.78 is 31.8. The zero-order valence-electron chi connectivity index (χ0n) is 17.7. The Morgan fingerprint density at radius 3 is 2.60 bits per heavy atom. The Kier molecular flexibility index (Phi) is 5.27. The molecule has 0 bridgehead atoms. The molecular formula is C21H27N5O3S. The Balaban J connectivity index is 1.70. The van der Waals surface area contributed by atoms with Crippen LogP contribution in [-0.4, -0.2) is 45.1 Å². The third kappa shape index (κ3) is 3.35. The normalized spacial score (nSPS) is 18.4. The Hall–Kier alpha value is -2.52. The number of hydrogen-bond donors (Lipinski definition) is 0. The zero-order chi connectivity index (χ0) is 21.6. The SMILES string of the molecule is Cc1nn(C(C)C)c(C)c1S(=O)(=O)N1CCCC(n2cnc3ccccc3c2=O)C1. The lowest BCUT2D eigenvalue weighted by atomic mass is 10.1. The van der Waals surface area contributed by atoms with Crippen molar-refractivity contribution in [2.75, 3.05) is 13.1 Å². The van der Waals surface area contributed by atoms with Crippen molar-refractivity contribution in [1.29, 1.82) is 0 Å². The van der Waals surface area contributed by atoms with E-state index >= 15 is 0 Å². The van der Waals surface area contributed by atoms with E-state index in [0.717, 1.165) is 6.42 Å². The fourth-order valence-electron chi connectivity index (χ4n) is 4.36.